The van der Waals surface area contributed by atoms with Gasteiger partial charge in [-0.05, 0) is 49.6 Å². The summed E-state index contributed by atoms with van der Waals surface area (Å²) in [6.45, 7) is 2.24. The van der Waals surface area contributed by atoms with E-state index in [2.05, 4.69) is 61.1 Å². The Hall–Kier alpha value is -3.41. The molecule has 0 amide bonds. The van der Waals surface area contributed by atoms with Gasteiger partial charge < -0.3 is 10.2 Å². The van der Waals surface area contributed by atoms with Gasteiger partial charge in [0.25, 0.3) is 0 Å². The number of aromatic nitrogens is 2. The normalized spacial score (nSPS) is 21.4. The molecule has 6 rings (SSSR count). The summed E-state index contributed by atoms with van der Waals surface area (Å²) in [6, 6.07) is 22.2. The van der Waals surface area contributed by atoms with Crippen molar-refractivity contribution in [3.63, 3.8) is 0 Å². The predicted molar refractivity (Wildman–Crippen MR) is 153 cm³/mol. The third-order valence-corrected chi connectivity index (χ3v) is 9.25. The molecular formula is C30H32N6OS. The largest absolute Gasteiger partial charge is 0.371 e. The number of benzene rings is 2. The number of hydrogen-bond acceptors (Lipinski definition) is 8. The Morgan fingerprint density at radius 2 is 1.74 bits per heavy atom. The molecule has 0 aliphatic carbocycles. The number of thioether (sulfide) groups is 1. The smallest absolute Gasteiger partial charge is 0.227 e. The minimum absolute atomic E-state index is 0.0198. The third kappa shape index (κ3) is 5.27. The van der Waals surface area contributed by atoms with E-state index in [1.54, 1.807) is 18.3 Å². The zero-order valence-electron chi connectivity index (χ0n) is 21.4. The fourth-order valence-electron chi connectivity index (χ4n) is 5.99. The Labute approximate surface area is 228 Å². The standard InChI is InChI=1S/C30H32N6OS/c31-14-1-2-29(37)22-5-3-21(4-6-22)28-11-15-32-30(34-28)33-23-7-9-24(10-8-23)35-16-12-25(13-17-35)36-26-18-27(36)20-38-19-26/h3-11,15,25-27H,1-2,12-13,16-20H2,(H,32,33,34). The minimum Gasteiger partial charge on any atom is -0.371 e. The number of anilines is 3. The Bertz CT molecular complexity index is 1300. The van der Waals surface area contributed by atoms with E-state index in [0.717, 1.165) is 48.2 Å². The Morgan fingerprint density at radius 3 is 2.42 bits per heavy atom. The second kappa shape index (κ2) is 11.1. The molecule has 38 heavy (non-hydrogen) atoms. The molecule has 3 aliphatic heterocycles. The topological polar surface area (TPSA) is 85.1 Å². The molecule has 7 nitrogen and oxygen atoms in total. The number of hydrogen-bond donors (Lipinski definition) is 1. The number of ketones is 1. The van der Waals surface area contributed by atoms with E-state index >= 15 is 0 Å². The van der Waals surface area contributed by atoms with Crippen molar-refractivity contribution in [2.75, 3.05) is 34.8 Å². The summed E-state index contributed by atoms with van der Waals surface area (Å²) in [5.74, 6) is 3.17. The first-order chi connectivity index (χ1) is 18.7. The molecule has 194 valence electrons. The molecule has 0 saturated carbocycles. The first-order valence-electron chi connectivity index (χ1n) is 13.5. The fraction of sp³-hybridized carbons (Fsp3) is 0.400. The second-order valence-electron chi connectivity index (χ2n) is 10.3. The number of carbonyl (C=O) groups is 1. The quantitative estimate of drug-likeness (QED) is 0.385. The van der Waals surface area contributed by atoms with Gasteiger partial charge in [0.05, 0.1) is 11.8 Å². The molecule has 2 atom stereocenters. The van der Waals surface area contributed by atoms with E-state index in [9.17, 15) is 4.79 Å². The van der Waals surface area contributed by atoms with Crippen molar-refractivity contribution >= 4 is 34.9 Å². The van der Waals surface area contributed by atoms with Crippen LogP contribution in [0.15, 0.2) is 60.8 Å². The molecule has 3 aromatic rings. The molecule has 2 aromatic carbocycles. The van der Waals surface area contributed by atoms with Crippen LogP contribution in [0, 0.1) is 11.3 Å². The fourth-order valence-corrected chi connectivity index (χ4v) is 7.29. The van der Waals surface area contributed by atoms with Crippen LogP contribution >= 0.6 is 11.8 Å². The number of piperidine rings is 1. The van der Waals surface area contributed by atoms with Crippen LogP contribution in [-0.4, -0.2) is 63.4 Å². The van der Waals surface area contributed by atoms with E-state index < -0.39 is 0 Å². The first-order valence-corrected chi connectivity index (χ1v) is 14.6. The number of fused-ring (bicyclic) bond motifs is 2. The molecule has 2 unspecified atom stereocenters. The molecule has 3 fully saturated rings. The highest BCUT2D eigenvalue weighted by atomic mass is 32.2. The predicted octanol–water partition coefficient (Wildman–Crippen LogP) is 5.53. The van der Waals surface area contributed by atoms with Gasteiger partial charge in [0.1, 0.15) is 0 Å². The molecule has 1 N–H and O–H groups in total. The third-order valence-electron chi connectivity index (χ3n) is 8.00. The average Bonchev–Trinajstić information content (AvgIpc) is 2.97. The maximum atomic E-state index is 12.1. The SMILES string of the molecule is N#CCCC(=O)c1ccc(-c2ccnc(Nc3ccc(N4CCC(N5C6CSCC5C6)CC4)cc3)n2)cc1. The Balaban J connectivity index is 1.05. The molecule has 1 aromatic heterocycles. The number of Topliss-reactive ketones (excluding diaryl/α,β-unsaturated/α-hetero) is 1. The molecule has 3 saturated heterocycles. The Morgan fingerprint density at radius 1 is 1.00 bits per heavy atom. The van der Waals surface area contributed by atoms with Crippen molar-refractivity contribution in [2.45, 2.75) is 50.2 Å². The van der Waals surface area contributed by atoms with E-state index in [4.69, 9.17) is 5.26 Å². The summed E-state index contributed by atoms with van der Waals surface area (Å²) < 4.78 is 0. The highest BCUT2D eigenvalue weighted by molar-refractivity contribution is 7.99. The van der Waals surface area contributed by atoms with Crippen LogP contribution in [0.2, 0.25) is 0 Å². The van der Waals surface area contributed by atoms with Crippen LogP contribution in [0.5, 0.6) is 0 Å². The van der Waals surface area contributed by atoms with Gasteiger partial charge in [-0.25, -0.2) is 9.97 Å². The molecule has 3 aliphatic rings. The maximum absolute atomic E-state index is 12.1. The van der Waals surface area contributed by atoms with E-state index in [-0.39, 0.29) is 18.6 Å². The van der Waals surface area contributed by atoms with E-state index in [1.807, 2.05) is 24.3 Å². The van der Waals surface area contributed by atoms with Crippen LogP contribution in [-0.2, 0) is 0 Å². The molecule has 8 heteroatoms. The van der Waals surface area contributed by atoms with Crippen molar-refractivity contribution < 1.29 is 4.79 Å². The maximum Gasteiger partial charge on any atom is 0.227 e. The monoisotopic (exact) mass is 524 g/mol. The van der Waals surface area contributed by atoms with Gasteiger partial charge in [0, 0.05) is 84.3 Å². The van der Waals surface area contributed by atoms with Crippen LogP contribution in [0.25, 0.3) is 11.3 Å². The summed E-state index contributed by atoms with van der Waals surface area (Å²) in [4.78, 5) is 26.5. The van der Waals surface area contributed by atoms with Gasteiger partial charge in [0.15, 0.2) is 5.78 Å². The van der Waals surface area contributed by atoms with Crippen molar-refractivity contribution in [1.82, 2.24) is 14.9 Å². The summed E-state index contributed by atoms with van der Waals surface area (Å²) in [6.07, 6.45) is 6.15. The second-order valence-corrected chi connectivity index (χ2v) is 11.4. The highest BCUT2D eigenvalue weighted by Crippen LogP contribution is 2.40. The zero-order valence-corrected chi connectivity index (χ0v) is 22.2. The van der Waals surface area contributed by atoms with Gasteiger partial charge >= 0.3 is 0 Å². The van der Waals surface area contributed by atoms with Crippen LogP contribution in [0.4, 0.5) is 17.3 Å². The van der Waals surface area contributed by atoms with Crippen molar-refractivity contribution in [2.24, 2.45) is 0 Å². The summed E-state index contributed by atoms with van der Waals surface area (Å²) >= 11 is 2.14. The lowest BCUT2D eigenvalue weighted by molar-refractivity contribution is -0.0152. The molecule has 0 radical (unpaired) electrons. The van der Waals surface area contributed by atoms with Gasteiger partial charge in [-0.15, -0.1) is 0 Å². The highest BCUT2D eigenvalue weighted by Gasteiger charge is 2.45. The Kier molecular flexibility index (Phi) is 7.30. The molecule has 4 heterocycles. The number of nitrogens with one attached hydrogen (secondary N) is 1. The summed E-state index contributed by atoms with van der Waals surface area (Å²) in [5, 5.41) is 12.0. The van der Waals surface area contributed by atoms with Crippen molar-refractivity contribution in [3.8, 4) is 17.3 Å². The lowest BCUT2D eigenvalue weighted by atomic mass is 9.88. The van der Waals surface area contributed by atoms with Gasteiger partial charge in [-0.3, -0.25) is 9.69 Å². The number of nitriles is 1. The zero-order chi connectivity index (χ0) is 25.9. The first kappa shape index (κ1) is 24.9. The van der Waals surface area contributed by atoms with Crippen molar-refractivity contribution in [1.29, 1.82) is 5.26 Å². The van der Waals surface area contributed by atoms with Crippen LogP contribution in [0.3, 0.4) is 0 Å². The van der Waals surface area contributed by atoms with Crippen LogP contribution < -0.4 is 10.2 Å². The van der Waals surface area contributed by atoms with Crippen molar-refractivity contribution in [3.05, 3.63) is 66.4 Å². The lowest BCUT2D eigenvalue weighted by Gasteiger charge is -2.57. The van der Waals surface area contributed by atoms with Gasteiger partial charge in [-0.1, -0.05) is 24.3 Å². The summed E-state index contributed by atoms with van der Waals surface area (Å²) in [7, 11) is 0. The van der Waals surface area contributed by atoms with Crippen LogP contribution in [0.1, 0.15) is 42.5 Å². The van der Waals surface area contributed by atoms with Gasteiger partial charge in [0.2, 0.25) is 5.95 Å². The molecule has 0 spiro atoms. The molecular weight excluding hydrogens is 492 g/mol. The summed E-state index contributed by atoms with van der Waals surface area (Å²) in [5.41, 5.74) is 4.52. The number of carbonyl (C=O) groups excluding carboxylic acids is 1. The number of rotatable bonds is 8. The van der Waals surface area contributed by atoms with E-state index in [1.165, 1.54) is 36.5 Å². The molecule has 2 bridgehead atoms. The van der Waals surface area contributed by atoms with E-state index in [0.29, 0.717) is 11.5 Å². The minimum atomic E-state index is -0.0198. The van der Waals surface area contributed by atoms with Gasteiger partial charge in [-0.2, -0.15) is 17.0 Å². The average molecular weight is 525 g/mol. The number of nitrogens with zero attached hydrogens (tertiary/aromatic N) is 5. The lowest BCUT2D eigenvalue weighted by Crippen LogP contribution is -2.66.